The molecule has 0 unspecified atom stereocenters. The van der Waals surface area contributed by atoms with Crippen molar-refractivity contribution in [1.29, 1.82) is 0 Å². The summed E-state index contributed by atoms with van der Waals surface area (Å²) in [5.41, 5.74) is 15.9. The molecule has 0 fully saturated rings. The molecular weight excluding hydrogens is 769 g/mol. The van der Waals surface area contributed by atoms with Crippen molar-refractivity contribution >= 4 is 65.5 Å². The summed E-state index contributed by atoms with van der Waals surface area (Å²) < 4.78 is 6.94. The van der Waals surface area contributed by atoms with Crippen LogP contribution in [0.1, 0.15) is 0 Å². The van der Waals surface area contributed by atoms with Gasteiger partial charge in [0.05, 0.1) is 50.0 Å². The van der Waals surface area contributed by atoms with Gasteiger partial charge in [-0.05, 0) is 90.0 Å². The number of hydrogen-bond donors (Lipinski definition) is 0. The first-order valence-electron chi connectivity index (χ1n) is 21.3. The van der Waals surface area contributed by atoms with E-state index in [1.54, 1.807) is 0 Å². The van der Waals surface area contributed by atoms with Gasteiger partial charge in [-0.1, -0.05) is 133 Å². The Balaban J connectivity index is 0.990. The summed E-state index contributed by atoms with van der Waals surface area (Å²) >= 11 is 0. The Morgan fingerprint density at radius 3 is 1.54 bits per heavy atom. The van der Waals surface area contributed by atoms with Gasteiger partial charge in [0.15, 0.2) is 0 Å². The molecule has 6 nitrogen and oxygen atoms in total. The van der Waals surface area contributed by atoms with Crippen LogP contribution in [0.15, 0.2) is 219 Å². The SMILES string of the molecule is c1ccc(-c2cc(-c3ccccc3)nc(-n3c4ccccc4c4ccc(-c5ccc6c(c5)c5ccccc5n6-c5ccc6c(c5)c5ncccc5n6-c5ccccc5)cc43)n2)cc1. The van der Waals surface area contributed by atoms with Crippen LogP contribution in [0.2, 0.25) is 0 Å². The molecule has 0 aliphatic heterocycles. The number of pyridine rings is 1. The Bertz CT molecular complexity index is 3840. The molecule has 0 spiro atoms. The lowest BCUT2D eigenvalue weighted by molar-refractivity contribution is 0.996. The molecule has 0 aliphatic carbocycles. The van der Waals surface area contributed by atoms with Crippen LogP contribution in [-0.2, 0) is 0 Å². The van der Waals surface area contributed by atoms with Gasteiger partial charge < -0.3 is 9.13 Å². The lowest BCUT2D eigenvalue weighted by Gasteiger charge is -2.12. The van der Waals surface area contributed by atoms with Crippen molar-refractivity contribution in [1.82, 2.24) is 28.7 Å². The minimum Gasteiger partial charge on any atom is -0.309 e. The molecule has 0 aliphatic rings. The molecule has 63 heavy (non-hydrogen) atoms. The summed E-state index contributed by atoms with van der Waals surface area (Å²) in [6.45, 7) is 0. The minimum absolute atomic E-state index is 0.635. The Morgan fingerprint density at radius 1 is 0.286 bits per heavy atom. The highest BCUT2D eigenvalue weighted by molar-refractivity contribution is 6.13. The quantitative estimate of drug-likeness (QED) is 0.168. The fraction of sp³-hybridized carbons (Fsp3) is 0. The standard InChI is InChI=1S/C57H36N6/c1-4-15-37(16-5-1)48-36-49(38-17-6-2-7-18-38)60-57(59-48)63-51-24-13-10-21-43(51)45-29-26-40(34-55(45)63)39-27-30-52-46(33-39)44-22-11-12-23-50(44)62(52)42-28-31-53-47(35-42)56-54(25-14-32-58-56)61(53)41-19-8-3-9-20-41/h1-36H. The van der Waals surface area contributed by atoms with Crippen molar-refractivity contribution in [2.45, 2.75) is 0 Å². The number of nitrogens with zero attached hydrogens (tertiary/aromatic N) is 6. The lowest BCUT2D eigenvalue weighted by Crippen LogP contribution is -2.04. The number of benzene rings is 8. The summed E-state index contributed by atoms with van der Waals surface area (Å²) in [7, 11) is 0. The second-order valence-corrected chi connectivity index (χ2v) is 16.1. The van der Waals surface area contributed by atoms with E-state index in [1.165, 1.54) is 10.8 Å². The van der Waals surface area contributed by atoms with E-state index < -0.39 is 0 Å². The molecule has 13 aromatic rings. The number of fused-ring (bicyclic) bond motifs is 9. The fourth-order valence-electron chi connectivity index (χ4n) is 9.66. The maximum absolute atomic E-state index is 5.28. The third-order valence-electron chi connectivity index (χ3n) is 12.5. The molecule has 0 amide bonds. The third kappa shape index (κ3) is 5.55. The van der Waals surface area contributed by atoms with E-state index >= 15 is 0 Å². The molecule has 5 aromatic heterocycles. The van der Waals surface area contributed by atoms with Crippen LogP contribution in [0.5, 0.6) is 0 Å². The third-order valence-corrected chi connectivity index (χ3v) is 12.5. The van der Waals surface area contributed by atoms with Gasteiger partial charge in [-0.15, -0.1) is 0 Å². The predicted molar refractivity (Wildman–Crippen MR) is 259 cm³/mol. The van der Waals surface area contributed by atoms with Crippen molar-refractivity contribution in [3.63, 3.8) is 0 Å². The minimum atomic E-state index is 0.635. The van der Waals surface area contributed by atoms with Gasteiger partial charge in [0, 0.05) is 55.6 Å². The van der Waals surface area contributed by atoms with E-state index in [9.17, 15) is 0 Å². The van der Waals surface area contributed by atoms with E-state index in [1.807, 2.05) is 24.4 Å². The van der Waals surface area contributed by atoms with Crippen molar-refractivity contribution < 1.29 is 0 Å². The number of para-hydroxylation sites is 3. The number of aromatic nitrogens is 6. The first-order valence-corrected chi connectivity index (χ1v) is 21.3. The maximum Gasteiger partial charge on any atom is 0.235 e. The van der Waals surface area contributed by atoms with Crippen molar-refractivity contribution in [3.8, 4) is 51.0 Å². The summed E-state index contributed by atoms with van der Waals surface area (Å²) in [6.07, 6.45) is 1.89. The van der Waals surface area contributed by atoms with Crippen molar-refractivity contribution in [3.05, 3.63) is 219 Å². The van der Waals surface area contributed by atoms with Crippen LogP contribution in [0.3, 0.4) is 0 Å². The van der Waals surface area contributed by atoms with E-state index in [2.05, 4.69) is 208 Å². The zero-order valence-electron chi connectivity index (χ0n) is 34.0. The highest BCUT2D eigenvalue weighted by Crippen LogP contribution is 2.40. The lowest BCUT2D eigenvalue weighted by atomic mass is 10.0. The van der Waals surface area contributed by atoms with E-state index in [4.69, 9.17) is 15.0 Å². The molecule has 6 heteroatoms. The normalized spacial score (nSPS) is 11.8. The molecule has 0 saturated carbocycles. The highest BCUT2D eigenvalue weighted by atomic mass is 15.2. The average Bonchev–Trinajstić information content (AvgIpc) is 3.99. The van der Waals surface area contributed by atoms with Crippen LogP contribution >= 0.6 is 0 Å². The van der Waals surface area contributed by atoms with Crippen molar-refractivity contribution in [2.24, 2.45) is 0 Å². The Morgan fingerprint density at radius 2 is 0.810 bits per heavy atom. The molecule has 0 saturated heterocycles. The summed E-state index contributed by atoms with van der Waals surface area (Å²) in [5.74, 6) is 0.635. The number of rotatable bonds is 6. The van der Waals surface area contributed by atoms with Crippen LogP contribution in [0, 0.1) is 0 Å². The van der Waals surface area contributed by atoms with Gasteiger partial charge in [0.2, 0.25) is 5.95 Å². The molecule has 13 rings (SSSR count). The molecule has 0 radical (unpaired) electrons. The molecule has 5 heterocycles. The largest absolute Gasteiger partial charge is 0.309 e. The second kappa shape index (κ2) is 14.0. The van der Waals surface area contributed by atoms with E-state index in [0.717, 1.165) is 99.8 Å². The van der Waals surface area contributed by atoms with Gasteiger partial charge in [-0.2, -0.15) is 0 Å². The van der Waals surface area contributed by atoms with Crippen LogP contribution in [-0.4, -0.2) is 28.7 Å². The van der Waals surface area contributed by atoms with Gasteiger partial charge >= 0.3 is 0 Å². The molecule has 0 N–H and O–H groups in total. The number of hydrogen-bond acceptors (Lipinski definition) is 3. The molecule has 0 bridgehead atoms. The highest BCUT2D eigenvalue weighted by Gasteiger charge is 2.20. The van der Waals surface area contributed by atoms with E-state index in [0.29, 0.717) is 5.95 Å². The Hall–Kier alpha value is -8.61. The molecular formula is C57H36N6. The monoisotopic (exact) mass is 804 g/mol. The molecule has 8 aromatic carbocycles. The second-order valence-electron chi connectivity index (χ2n) is 16.1. The topological polar surface area (TPSA) is 53.5 Å². The smallest absolute Gasteiger partial charge is 0.235 e. The maximum atomic E-state index is 5.28. The zero-order chi connectivity index (χ0) is 41.4. The fourth-order valence-corrected chi connectivity index (χ4v) is 9.66. The van der Waals surface area contributed by atoms with Crippen LogP contribution in [0.25, 0.3) is 117 Å². The van der Waals surface area contributed by atoms with Gasteiger partial charge in [0.1, 0.15) is 0 Å². The summed E-state index contributed by atoms with van der Waals surface area (Å²) in [5, 5.41) is 5.83. The van der Waals surface area contributed by atoms with Gasteiger partial charge in [-0.25, -0.2) is 9.97 Å². The van der Waals surface area contributed by atoms with Crippen molar-refractivity contribution in [2.75, 3.05) is 0 Å². The Kier molecular flexibility index (Phi) is 7.80. The van der Waals surface area contributed by atoms with Gasteiger partial charge in [0.25, 0.3) is 0 Å². The first-order chi connectivity index (χ1) is 31.2. The van der Waals surface area contributed by atoms with E-state index in [-0.39, 0.29) is 0 Å². The summed E-state index contributed by atoms with van der Waals surface area (Å²) in [6, 6.07) is 75.3. The Labute approximate surface area is 362 Å². The summed E-state index contributed by atoms with van der Waals surface area (Å²) in [4.78, 5) is 15.5. The zero-order valence-corrected chi connectivity index (χ0v) is 34.0. The molecule has 0 atom stereocenters. The predicted octanol–water partition coefficient (Wildman–Crippen LogP) is 14.2. The van der Waals surface area contributed by atoms with Crippen LogP contribution in [0.4, 0.5) is 0 Å². The van der Waals surface area contributed by atoms with Gasteiger partial charge in [-0.3, -0.25) is 9.55 Å². The van der Waals surface area contributed by atoms with Crippen LogP contribution < -0.4 is 0 Å². The first kappa shape index (κ1) is 35.2. The average molecular weight is 805 g/mol. The molecule has 294 valence electrons.